The number of nitrogens with one attached hydrogen (secondary N) is 2. The van der Waals surface area contributed by atoms with Crippen molar-refractivity contribution >= 4 is 11.9 Å². The Hall–Kier alpha value is -3.11. The summed E-state index contributed by atoms with van der Waals surface area (Å²) >= 11 is 0. The lowest BCUT2D eigenvalue weighted by atomic mass is 10.1. The average molecular weight is 494 g/mol. The number of rotatable bonds is 8. The summed E-state index contributed by atoms with van der Waals surface area (Å²) < 4.78 is 46.7. The number of morpholine rings is 1. The van der Waals surface area contributed by atoms with Gasteiger partial charge in [-0.15, -0.1) is 0 Å². The second-order valence-electron chi connectivity index (χ2n) is 8.63. The number of alkyl halides is 3. The molecule has 190 valence electrons. The molecular formula is C25H30F3N3O4. The molecule has 7 nitrogen and oxygen atoms in total. The molecule has 3 rings (SSSR count). The van der Waals surface area contributed by atoms with Crippen molar-refractivity contribution in [2.24, 2.45) is 0 Å². The number of carbonyl (C=O) groups excluding carboxylic acids is 2. The predicted octanol–water partition coefficient (Wildman–Crippen LogP) is 4.01. The number of benzene rings is 2. The van der Waals surface area contributed by atoms with Crippen LogP contribution in [0.15, 0.2) is 48.5 Å². The van der Waals surface area contributed by atoms with Crippen molar-refractivity contribution in [2.75, 3.05) is 19.7 Å². The van der Waals surface area contributed by atoms with E-state index < -0.39 is 12.8 Å². The minimum absolute atomic E-state index is 0.0000873. The van der Waals surface area contributed by atoms with Crippen LogP contribution in [0.5, 0.6) is 0 Å². The van der Waals surface area contributed by atoms with Crippen molar-refractivity contribution in [3.63, 3.8) is 0 Å². The van der Waals surface area contributed by atoms with Crippen molar-refractivity contribution in [2.45, 2.75) is 51.9 Å². The van der Waals surface area contributed by atoms with E-state index in [-0.39, 0.29) is 37.3 Å². The maximum absolute atomic E-state index is 12.7. The lowest BCUT2D eigenvalue weighted by Gasteiger charge is -2.35. The maximum Gasteiger partial charge on any atom is 0.411 e. The molecule has 2 N–H and O–H groups in total. The quantitative estimate of drug-likeness (QED) is 0.583. The molecular weight excluding hydrogens is 463 g/mol. The van der Waals surface area contributed by atoms with E-state index in [1.54, 1.807) is 53.4 Å². The van der Waals surface area contributed by atoms with Gasteiger partial charge in [0.2, 0.25) is 0 Å². The van der Waals surface area contributed by atoms with Gasteiger partial charge in [0.15, 0.2) is 0 Å². The third-order valence-electron chi connectivity index (χ3n) is 5.37. The fourth-order valence-corrected chi connectivity index (χ4v) is 3.76. The molecule has 0 bridgehead atoms. The van der Waals surface area contributed by atoms with Crippen LogP contribution in [0.1, 0.15) is 40.9 Å². The Morgan fingerprint density at radius 3 is 1.91 bits per heavy atom. The van der Waals surface area contributed by atoms with Crippen LogP contribution in [0.4, 0.5) is 18.0 Å². The summed E-state index contributed by atoms with van der Waals surface area (Å²) in [6, 6.07) is 13.5. The molecule has 3 amide bonds. The number of ether oxygens (including phenoxy) is 2. The average Bonchev–Trinajstić information content (AvgIpc) is 2.80. The van der Waals surface area contributed by atoms with Gasteiger partial charge in [-0.3, -0.25) is 4.79 Å². The molecule has 1 aliphatic heterocycles. The Morgan fingerprint density at radius 1 is 0.914 bits per heavy atom. The van der Waals surface area contributed by atoms with Gasteiger partial charge in [-0.05, 0) is 42.7 Å². The summed E-state index contributed by atoms with van der Waals surface area (Å²) in [5.74, 6) is -0.0396. The Kier molecular flexibility index (Phi) is 9.11. The number of hydrogen-bond acceptors (Lipinski definition) is 4. The SMILES string of the molecule is CC1CN(C(=O)c2ccc(CNC(=O)NCc3ccc(COCC(F)(F)F)cc3)cc2)CC(C)O1. The molecule has 1 saturated heterocycles. The molecule has 2 atom stereocenters. The molecule has 0 aliphatic carbocycles. The van der Waals surface area contributed by atoms with E-state index in [2.05, 4.69) is 15.4 Å². The highest BCUT2D eigenvalue weighted by molar-refractivity contribution is 5.94. The topological polar surface area (TPSA) is 79.9 Å². The van der Waals surface area contributed by atoms with E-state index in [0.29, 0.717) is 30.8 Å². The number of hydrogen-bond donors (Lipinski definition) is 2. The Bertz CT molecular complexity index is 971. The summed E-state index contributed by atoms with van der Waals surface area (Å²) in [5, 5.41) is 5.49. The molecule has 0 saturated carbocycles. The Balaban J connectivity index is 1.39. The van der Waals surface area contributed by atoms with E-state index in [1.165, 1.54) is 0 Å². The van der Waals surface area contributed by atoms with E-state index in [9.17, 15) is 22.8 Å². The number of nitrogens with zero attached hydrogens (tertiary/aromatic N) is 1. The highest BCUT2D eigenvalue weighted by Gasteiger charge is 2.27. The van der Waals surface area contributed by atoms with E-state index >= 15 is 0 Å². The predicted molar refractivity (Wildman–Crippen MR) is 124 cm³/mol. The first-order valence-corrected chi connectivity index (χ1v) is 11.4. The van der Waals surface area contributed by atoms with Crippen LogP contribution in [0.25, 0.3) is 0 Å². The molecule has 1 aliphatic rings. The lowest BCUT2D eigenvalue weighted by molar-refractivity contribution is -0.176. The molecule has 2 aromatic rings. The van der Waals surface area contributed by atoms with Crippen LogP contribution in [0, 0.1) is 0 Å². The first kappa shape index (κ1) is 26.5. The molecule has 35 heavy (non-hydrogen) atoms. The molecule has 2 aromatic carbocycles. The largest absolute Gasteiger partial charge is 0.411 e. The fraction of sp³-hybridized carbons (Fsp3) is 0.440. The third-order valence-corrected chi connectivity index (χ3v) is 5.37. The van der Waals surface area contributed by atoms with Crippen molar-refractivity contribution in [3.05, 3.63) is 70.8 Å². The number of halogens is 3. The zero-order chi connectivity index (χ0) is 25.4. The van der Waals surface area contributed by atoms with Gasteiger partial charge in [0.25, 0.3) is 5.91 Å². The monoisotopic (exact) mass is 493 g/mol. The van der Waals surface area contributed by atoms with Gasteiger partial charge in [-0.1, -0.05) is 36.4 Å². The molecule has 0 spiro atoms. The van der Waals surface area contributed by atoms with Crippen LogP contribution in [-0.4, -0.2) is 54.9 Å². The van der Waals surface area contributed by atoms with Gasteiger partial charge in [0.05, 0.1) is 18.8 Å². The second-order valence-corrected chi connectivity index (χ2v) is 8.63. The summed E-state index contributed by atoms with van der Waals surface area (Å²) in [4.78, 5) is 26.6. The highest BCUT2D eigenvalue weighted by Crippen LogP contribution is 2.16. The molecule has 1 fully saturated rings. The van der Waals surface area contributed by atoms with Gasteiger partial charge < -0.3 is 25.0 Å². The van der Waals surface area contributed by atoms with Crippen LogP contribution in [0.2, 0.25) is 0 Å². The summed E-state index contributed by atoms with van der Waals surface area (Å²) in [5.41, 5.74) is 2.85. The number of urea groups is 1. The zero-order valence-electron chi connectivity index (χ0n) is 19.7. The standard InChI is InChI=1S/C25H30F3N3O4/c1-17-13-31(14-18(2)35-17)23(32)22-9-7-20(8-10-22)12-30-24(33)29-11-19-3-5-21(6-4-19)15-34-16-25(26,27)28/h3-10,17-18H,11-16H2,1-2H3,(H2,29,30,33). The highest BCUT2D eigenvalue weighted by atomic mass is 19.4. The van der Waals surface area contributed by atoms with E-state index in [1.807, 2.05) is 13.8 Å². The second kappa shape index (κ2) is 12.0. The van der Waals surface area contributed by atoms with Gasteiger partial charge in [0.1, 0.15) is 6.61 Å². The Morgan fingerprint density at radius 2 is 1.40 bits per heavy atom. The lowest BCUT2D eigenvalue weighted by Crippen LogP contribution is -2.48. The Labute approximate surface area is 202 Å². The summed E-state index contributed by atoms with van der Waals surface area (Å²) in [6.07, 6.45) is -4.35. The molecule has 1 heterocycles. The minimum Gasteiger partial charge on any atom is -0.372 e. The minimum atomic E-state index is -4.35. The van der Waals surface area contributed by atoms with E-state index in [4.69, 9.17) is 4.74 Å². The first-order chi connectivity index (χ1) is 16.6. The van der Waals surface area contributed by atoms with Gasteiger partial charge >= 0.3 is 12.2 Å². The van der Waals surface area contributed by atoms with E-state index in [0.717, 1.165) is 11.1 Å². The molecule has 10 heteroatoms. The summed E-state index contributed by atoms with van der Waals surface area (Å²) in [6.45, 7) is 4.14. The normalized spacial score (nSPS) is 18.3. The van der Waals surface area contributed by atoms with Gasteiger partial charge in [-0.25, -0.2) is 4.79 Å². The van der Waals surface area contributed by atoms with Gasteiger partial charge in [0, 0.05) is 31.7 Å². The molecule has 0 radical (unpaired) electrons. The van der Waals surface area contributed by atoms with Crippen molar-refractivity contribution < 1.29 is 32.2 Å². The fourth-order valence-electron chi connectivity index (χ4n) is 3.76. The maximum atomic E-state index is 12.7. The van der Waals surface area contributed by atoms with Crippen molar-refractivity contribution in [1.82, 2.24) is 15.5 Å². The van der Waals surface area contributed by atoms with Crippen molar-refractivity contribution in [3.8, 4) is 0 Å². The number of carbonyl (C=O) groups is 2. The van der Waals surface area contributed by atoms with Gasteiger partial charge in [-0.2, -0.15) is 13.2 Å². The summed E-state index contributed by atoms with van der Waals surface area (Å²) in [7, 11) is 0. The molecule has 2 unspecified atom stereocenters. The van der Waals surface area contributed by atoms with Crippen LogP contribution in [-0.2, 0) is 29.2 Å². The number of amides is 3. The first-order valence-electron chi connectivity index (χ1n) is 11.4. The molecule has 0 aromatic heterocycles. The van der Waals surface area contributed by atoms with Crippen LogP contribution >= 0.6 is 0 Å². The van der Waals surface area contributed by atoms with Crippen molar-refractivity contribution in [1.29, 1.82) is 0 Å². The van der Waals surface area contributed by atoms with Crippen LogP contribution in [0.3, 0.4) is 0 Å². The smallest absolute Gasteiger partial charge is 0.372 e. The van der Waals surface area contributed by atoms with Crippen LogP contribution < -0.4 is 10.6 Å². The zero-order valence-corrected chi connectivity index (χ0v) is 19.7. The third kappa shape index (κ3) is 8.88.